The van der Waals surface area contributed by atoms with Crippen molar-refractivity contribution >= 4 is 18.0 Å². The number of carbonyl (C=O) groups excluding carboxylic acids is 2. The number of fused-ring (bicyclic) bond motifs is 3. The minimum absolute atomic E-state index is 0.0703. The molecule has 8 heteroatoms. The van der Waals surface area contributed by atoms with Crippen molar-refractivity contribution in [2.75, 3.05) is 6.61 Å². The van der Waals surface area contributed by atoms with Gasteiger partial charge in [0, 0.05) is 18.4 Å². The smallest absolute Gasteiger partial charge is 0.407 e. The minimum Gasteiger partial charge on any atom is -0.481 e. The van der Waals surface area contributed by atoms with Gasteiger partial charge in [0.2, 0.25) is 5.91 Å². The number of hydrogen-bond acceptors (Lipinski definition) is 5. The van der Waals surface area contributed by atoms with Gasteiger partial charge in [-0.05, 0) is 47.7 Å². The summed E-state index contributed by atoms with van der Waals surface area (Å²) in [5.41, 5.74) is 4.32. The van der Waals surface area contributed by atoms with Crippen LogP contribution in [-0.4, -0.2) is 41.8 Å². The lowest BCUT2D eigenvalue weighted by atomic mass is 9.98. The molecule has 1 heterocycles. The number of aliphatic carboxylic acids is 1. The molecule has 0 saturated heterocycles. The number of nitrogens with one attached hydrogen (secondary N) is 2. The van der Waals surface area contributed by atoms with E-state index in [-0.39, 0.29) is 18.6 Å². The molecule has 1 aliphatic carbocycles. The van der Waals surface area contributed by atoms with Gasteiger partial charge in [0.05, 0.1) is 12.7 Å². The molecule has 8 nitrogen and oxygen atoms in total. The lowest BCUT2D eigenvalue weighted by Crippen LogP contribution is -2.50. The predicted molar refractivity (Wildman–Crippen MR) is 129 cm³/mol. The van der Waals surface area contributed by atoms with Crippen molar-refractivity contribution in [1.82, 2.24) is 10.6 Å². The van der Waals surface area contributed by atoms with Crippen LogP contribution in [0.1, 0.15) is 42.6 Å². The van der Waals surface area contributed by atoms with Crippen LogP contribution in [0.3, 0.4) is 0 Å². The van der Waals surface area contributed by atoms with E-state index in [4.69, 9.17) is 9.15 Å². The summed E-state index contributed by atoms with van der Waals surface area (Å²) in [6, 6.07) is 18.0. The van der Waals surface area contributed by atoms with Gasteiger partial charge < -0.3 is 24.9 Å². The third-order valence-corrected chi connectivity index (χ3v) is 6.12. The average molecular weight is 477 g/mol. The number of amides is 2. The largest absolute Gasteiger partial charge is 0.481 e. The van der Waals surface area contributed by atoms with Crippen LogP contribution < -0.4 is 10.6 Å². The molecule has 1 aliphatic rings. The van der Waals surface area contributed by atoms with E-state index in [1.807, 2.05) is 61.5 Å². The van der Waals surface area contributed by atoms with Crippen LogP contribution in [0, 0.1) is 0 Å². The van der Waals surface area contributed by atoms with Crippen LogP contribution in [0.25, 0.3) is 11.1 Å². The van der Waals surface area contributed by atoms with Crippen molar-refractivity contribution in [3.8, 4) is 11.1 Å². The lowest BCUT2D eigenvalue weighted by Gasteiger charge is -2.21. The molecule has 4 rings (SSSR count). The van der Waals surface area contributed by atoms with E-state index in [2.05, 4.69) is 10.6 Å². The van der Waals surface area contributed by atoms with Gasteiger partial charge in [-0.25, -0.2) is 4.79 Å². The van der Waals surface area contributed by atoms with E-state index in [1.54, 1.807) is 12.3 Å². The molecule has 35 heavy (non-hydrogen) atoms. The van der Waals surface area contributed by atoms with E-state index in [1.165, 1.54) is 0 Å². The fourth-order valence-corrected chi connectivity index (χ4v) is 4.40. The van der Waals surface area contributed by atoms with E-state index in [0.717, 1.165) is 28.0 Å². The minimum atomic E-state index is -1.26. The average Bonchev–Trinajstić information content (AvgIpc) is 3.47. The van der Waals surface area contributed by atoms with Gasteiger partial charge in [0.15, 0.2) is 0 Å². The first-order valence-electron chi connectivity index (χ1n) is 11.6. The molecule has 0 radical (unpaired) electrons. The maximum absolute atomic E-state index is 12.7. The number of hydrogen-bond donors (Lipinski definition) is 3. The second-order valence-electron chi connectivity index (χ2n) is 8.65. The Morgan fingerprint density at radius 2 is 1.63 bits per heavy atom. The van der Waals surface area contributed by atoms with Gasteiger partial charge in [-0.3, -0.25) is 9.59 Å². The Balaban J connectivity index is 1.34. The van der Waals surface area contributed by atoms with Crippen molar-refractivity contribution < 1.29 is 28.6 Å². The monoisotopic (exact) mass is 476 g/mol. The molecule has 1 aromatic heterocycles. The molecule has 3 N–H and O–H groups in total. The van der Waals surface area contributed by atoms with E-state index < -0.39 is 30.4 Å². The van der Waals surface area contributed by atoms with Gasteiger partial charge in [-0.2, -0.15) is 0 Å². The van der Waals surface area contributed by atoms with Gasteiger partial charge in [0.1, 0.15) is 18.4 Å². The molecule has 3 aromatic rings. The quantitative estimate of drug-likeness (QED) is 0.406. The maximum Gasteiger partial charge on any atom is 0.407 e. The van der Waals surface area contributed by atoms with Crippen molar-refractivity contribution in [3.05, 3.63) is 83.8 Å². The molecule has 0 fully saturated rings. The molecule has 2 unspecified atom stereocenters. The van der Waals surface area contributed by atoms with Crippen molar-refractivity contribution in [1.29, 1.82) is 0 Å². The molecule has 0 bridgehead atoms. The summed E-state index contributed by atoms with van der Waals surface area (Å²) in [6.45, 7) is 1.88. The highest BCUT2D eigenvalue weighted by molar-refractivity contribution is 5.89. The zero-order valence-electron chi connectivity index (χ0n) is 19.4. The van der Waals surface area contributed by atoms with Gasteiger partial charge in [-0.15, -0.1) is 0 Å². The van der Waals surface area contributed by atoms with Crippen LogP contribution >= 0.6 is 0 Å². The Hall–Kier alpha value is -4.07. The van der Waals surface area contributed by atoms with E-state index in [0.29, 0.717) is 12.8 Å². The summed E-state index contributed by atoms with van der Waals surface area (Å²) in [6.07, 6.45) is 1.42. The number of carboxylic acids is 1. The summed E-state index contributed by atoms with van der Waals surface area (Å²) >= 11 is 0. The highest BCUT2D eigenvalue weighted by Crippen LogP contribution is 2.44. The summed E-state index contributed by atoms with van der Waals surface area (Å²) < 4.78 is 10.8. The second kappa shape index (κ2) is 10.9. The zero-order valence-corrected chi connectivity index (χ0v) is 19.4. The van der Waals surface area contributed by atoms with Crippen LogP contribution in [0.4, 0.5) is 4.79 Å². The number of aryl methyl sites for hydroxylation is 1. The molecular formula is C27H28N2O6. The van der Waals surface area contributed by atoms with Crippen LogP contribution in [0.2, 0.25) is 0 Å². The molecule has 2 aromatic carbocycles. The van der Waals surface area contributed by atoms with Gasteiger partial charge >= 0.3 is 12.1 Å². The SMILES string of the molecule is CC(CCc1ccco1)NC(=O)C(CC(=O)O)NC(=O)OCC1c2ccccc2-c2ccccc21. The zero-order chi connectivity index (χ0) is 24.8. The van der Waals surface area contributed by atoms with Crippen LogP contribution in [0.5, 0.6) is 0 Å². The molecule has 2 amide bonds. The summed E-state index contributed by atoms with van der Waals surface area (Å²) in [5, 5.41) is 14.4. The molecule has 0 saturated carbocycles. The fraction of sp³-hybridized carbons (Fsp3) is 0.296. The number of furan rings is 1. The van der Waals surface area contributed by atoms with E-state index >= 15 is 0 Å². The number of rotatable bonds is 10. The number of benzene rings is 2. The van der Waals surface area contributed by atoms with Gasteiger partial charge in [0.25, 0.3) is 0 Å². The number of carboxylic acid groups (broad SMARTS) is 1. The predicted octanol–water partition coefficient (Wildman–Crippen LogP) is 4.10. The number of ether oxygens (including phenoxy) is 1. The van der Waals surface area contributed by atoms with Crippen LogP contribution in [0.15, 0.2) is 71.3 Å². The Morgan fingerprint density at radius 3 is 2.23 bits per heavy atom. The van der Waals surface area contributed by atoms with Crippen molar-refractivity contribution in [3.63, 3.8) is 0 Å². The number of alkyl carbamates (subject to hydrolysis) is 1. The third-order valence-electron chi connectivity index (χ3n) is 6.12. The van der Waals surface area contributed by atoms with Crippen molar-refractivity contribution in [2.45, 2.75) is 44.2 Å². The number of carbonyl (C=O) groups is 3. The fourth-order valence-electron chi connectivity index (χ4n) is 4.40. The Labute approximate surface area is 203 Å². The van der Waals surface area contributed by atoms with Gasteiger partial charge in [-0.1, -0.05) is 48.5 Å². The Morgan fingerprint density at radius 1 is 0.971 bits per heavy atom. The van der Waals surface area contributed by atoms with Crippen LogP contribution in [-0.2, 0) is 20.7 Å². The summed E-state index contributed by atoms with van der Waals surface area (Å²) in [5.74, 6) is -1.12. The third kappa shape index (κ3) is 5.90. The Kier molecular flexibility index (Phi) is 7.50. The molecular weight excluding hydrogens is 448 g/mol. The molecule has 0 spiro atoms. The molecule has 2 atom stereocenters. The summed E-state index contributed by atoms with van der Waals surface area (Å²) in [7, 11) is 0. The first-order valence-corrected chi connectivity index (χ1v) is 11.6. The van der Waals surface area contributed by atoms with Crippen molar-refractivity contribution in [2.24, 2.45) is 0 Å². The maximum atomic E-state index is 12.7. The lowest BCUT2D eigenvalue weighted by molar-refractivity contribution is -0.140. The second-order valence-corrected chi connectivity index (χ2v) is 8.65. The standard InChI is InChI=1S/C27H28N2O6/c1-17(12-13-18-7-6-14-34-18)28-26(32)24(15-25(30)31)29-27(33)35-16-23-21-10-4-2-8-19(21)20-9-3-5-11-22(20)23/h2-11,14,17,23-24H,12-13,15-16H2,1H3,(H,28,32)(H,29,33)(H,30,31). The first-order chi connectivity index (χ1) is 16.9. The molecule has 0 aliphatic heterocycles. The Bertz CT molecular complexity index is 1140. The summed E-state index contributed by atoms with van der Waals surface area (Å²) in [4.78, 5) is 36.6. The van der Waals surface area contributed by atoms with E-state index in [9.17, 15) is 19.5 Å². The highest BCUT2D eigenvalue weighted by atomic mass is 16.5. The molecule has 182 valence electrons. The normalized spacial score (nSPS) is 13.9. The topological polar surface area (TPSA) is 118 Å². The first kappa shape index (κ1) is 24.1. The highest BCUT2D eigenvalue weighted by Gasteiger charge is 2.30.